The Morgan fingerprint density at radius 3 is 2.56 bits per heavy atom. The Morgan fingerprint density at radius 2 is 1.96 bits per heavy atom. The number of rotatable bonds is 6. The highest BCUT2D eigenvalue weighted by atomic mass is 127. The summed E-state index contributed by atoms with van der Waals surface area (Å²) in [7, 11) is 0. The number of nitriles is 1. The molecule has 0 aliphatic carbocycles. The summed E-state index contributed by atoms with van der Waals surface area (Å²) in [5, 5.41) is 14.5. The molecule has 1 aliphatic rings. The van der Waals surface area contributed by atoms with Crippen LogP contribution in [0, 0.1) is 21.8 Å². The van der Waals surface area contributed by atoms with E-state index in [1.54, 1.807) is 4.68 Å². The summed E-state index contributed by atoms with van der Waals surface area (Å²) in [5.41, 5.74) is 1.73. The maximum Gasteiger partial charge on any atom is 0.227 e. The van der Waals surface area contributed by atoms with E-state index in [0.717, 1.165) is 39.0 Å². The first-order chi connectivity index (χ1) is 12.9. The van der Waals surface area contributed by atoms with Crippen molar-refractivity contribution in [3.05, 3.63) is 39.1 Å². The van der Waals surface area contributed by atoms with E-state index in [0.29, 0.717) is 18.9 Å². The van der Waals surface area contributed by atoms with Gasteiger partial charge in [0, 0.05) is 22.2 Å². The molecular weight excluding hydrogens is 492 g/mol. The third kappa shape index (κ3) is 3.83. The molecule has 0 amide bonds. The molecule has 0 spiro atoms. The molecular formula is C18H21IN5OPS. The average Bonchev–Trinajstić information content (AvgIpc) is 2.98. The molecule has 0 N–H and O–H groups in total. The molecule has 1 atom stereocenters. The van der Waals surface area contributed by atoms with E-state index >= 15 is 0 Å². The van der Waals surface area contributed by atoms with Gasteiger partial charge in [-0.25, -0.2) is 9.35 Å². The second kappa shape index (κ2) is 8.39. The lowest BCUT2D eigenvalue weighted by molar-refractivity contribution is 0.447. The Morgan fingerprint density at radius 1 is 1.30 bits per heavy atom. The van der Waals surface area contributed by atoms with Gasteiger partial charge < -0.3 is 4.52 Å². The first kappa shape index (κ1) is 20.5. The Balaban J connectivity index is 2.20. The third-order valence-corrected chi connectivity index (χ3v) is 9.40. The Bertz CT molecular complexity index is 959. The van der Waals surface area contributed by atoms with Crippen molar-refractivity contribution in [3.63, 3.8) is 0 Å². The predicted molar refractivity (Wildman–Crippen MR) is 120 cm³/mol. The van der Waals surface area contributed by atoms with E-state index < -0.39 is 6.42 Å². The van der Waals surface area contributed by atoms with Crippen molar-refractivity contribution in [2.75, 3.05) is 13.1 Å². The molecule has 27 heavy (non-hydrogen) atoms. The smallest absolute Gasteiger partial charge is 0.227 e. The van der Waals surface area contributed by atoms with E-state index in [1.807, 2.05) is 31.2 Å². The second-order valence-corrected chi connectivity index (χ2v) is 11.0. The highest BCUT2D eigenvalue weighted by Crippen LogP contribution is 2.55. The number of fused-ring (bicyclic) bond motifs is 1. The van der Waals surface area contributed by atoms with Gasteiger partial charge in [0.25, 0.3) is 0 Å². The first-order valence-corrected chi connectivity index (χ1v) is 12.5. The summed E-state index contributed by atoms with van der Waals surface area (Å²) in [6.45, 7) is 8.19. The Labute approximate surface area is 178 Å². The van der Waals surface area contributed by atoms with E-state index in [2.05, 4.69) is 52.3 Å². The van der Waals surface area contributed by atoms with Crippen molar-refractivity contribution < 1.29 is 4.52 Å². The monoisotopic (exact) mass is 513 g/mol. The SMILES string of the molecule is CCN(CC)[P@]1(=S)OC(c2ccc(I)cc2)=Nc2c1c(C)nn2CCC#N. The molecule has 0 saturated heterocycles. The minimum atomic E-state index is -2.53. The second-order valence-electron chi connectivity index (χ2n) is 6.06. The van der Waals surface area contributed by atoms with Gasteiger partial charge in [-0.05, 0) is 65.6 Å². The van der Waals surface area contributed by atoms with Crippen LogP contribution in [0.2, 0.25) is 0 Å². The number of benzene rings is 1. The van der Waals surface area contributed by atoms with E-state index in [9.17, 15) is 0 Å². The van der Waals surface area contributed by atoms with Crippen molar-refractivity contribution >= 4 is 57.8 Å². The molecule has 1 aromatic carbocycles. The maximum absolute atomic E-state index is 8.99. The first-order valence-electron chi connectivity index (χ1n) is 8.79. The van der Waals surface area contributed by atoms with Crippen LogP contribution in [0.5, 0.6) is 0 Å². The quantitative estimate of drug-likeness (QED) is 0.430. The van der Waals surface area contributed by atoms with Crippen molar-refractivity contribution in [1.29, 1.82) is 5.26 Å². The van der Waals surface area contributed by atoms with Crippen molar-refractivity contribution in [1.82, 2.24) is 14.5 Å². The Kier molecular flexibility index (Phi) is 6.36. The van der Waals surface area contributed by atoms with Gasteiger partial charge in [0.1, 0.15) is 5.30 Å². The summed E-state index contributed by atoms with van der Waals surface area (Å²) in [4.78, 5) is 4.78. The minimum absolute atomic E-state index is 0.372. The van der Waals surface area contributed by atoms with Gasteiger partial charge in [0.2, 0.25) is 12.3 Å². The molecule has 2 heterocycles. The minimum Gasteiger partial charge on any atom is -0.431 e. The van der Waals surface area contributed by atoms with Crippen LogP contribution in [0.15, 0.2) is 29.3 Å². The van der Waals surface area contributed by atoms with Crippen LogP contribution in [-0.4, -0.2) is 33.4 Å². The zero-order chi connectivity index (χ0) is 19.6. The van der Waals surface area contributed by atoms with Gasteiger partial charge in [0.15, 0.2) is 5.82 Å². The summed E-state index contributed by atoms with van der Waals surface area (Å²) in [5.74, 6) is 1.27. The molecule has 1 aromatic heterocycles. The highest BCUT2D eigenvalue weighted by molar-refractivity contribution is 14.1. The summed E-state index contributed by atoms with van der Waals surface area (Å²) in [6, 6.07) is 10.2. The largest absolute Gasteiger partial charge is 0.431 e. The maximum atomic E-state index is 8.99. The lowest BCUT2D eigenvalue weighted by atomic mass is 10.2. The van der Waals surface area contributed by atoms with Crippen molar-refractivity contribution in [3.8, 4) is 6.07 Å². The van der Waals surface area contributed by atoms with Crippen LogP contribution in [0.4, 0.5) is 5.82 Å². The number of aromatic nitrogens is 2. The van der Waals surface area contributed by atoms with Crippen LogP contribution in [-0.2, 0) is 22.9 Å². The predicted octanol–water partition coefficient (Wildman–Crippen LogP) is 4.09. The fraction of sp³-hybridized carbons (Fsp3) is 0.389. The van der Waals surface area contributed by atoms with Crippen LogP contribution in [0.3, 0.4) is 0 Å². The molecule has 142 valence electrons. The lowest BCUT2D eigenvalue weighted by Crippen LogP contribution is -2.32. The number of halogens is 1. The molecule has 2 aromatic rings. The zero-order valence-electron chi connectivity index (χ0n) is 15.5. The van der Waals surface area contributed by atoms with Crippen LogP contribution < -0.4 is 5.30 Å². The number of aryl methyl sites for hydroxylation is 2. The van der Waals surface area contributed by atoms with Gasteiger partial charge in [-0.15, -0.1) is 0 Å². The van der Waals surface area contributed by atoms with E-state index in [-0.39, 0.29) is 0 Å². The zero-order valence-corrected chi connectivity index (χ0v) is 19.4. The van der Waals surface area contributed by atoms with Gasteiger partial charge >= 0.3 is 0 Å². The molecule has 9 heteroatoms. The standard InChI is InChI=1S/C18H21IN5OPS/c1-4-23(5-2)26(27)16-13(3)22-24(12-6-11-20)17(16)21-18(25-26)14-7-9-15(19)10-8-14/h7-10H,4-6,12H2,1-3H3/t26-/m0/s1. The van der Waals surface area contributed by atoms with Crippen molar-refractivity contribution in [2.45, 2.75) is 33.7 Å². The van der Waals surface area contributed by atoms with Gasteiger partial charge in [0.05, 0.1) is 24.7 Å². The molecule has 6 nitrogen and oxygen atoms in total. The van der Waals surface area contributed by atoms with E-state index in [4.69, 9.17) is 26.6 Å². The van der Waals surface area contributed by atoms with Gasteiger partial charge in [-0.1, -0.05) is 13.8 Å². The van der Waals surface area contributed by atoms with Crippen LogP contribution in [0.1, 0.15) is 31.5 Å². The number of hydrogen-bond donors (Lipinski definition) is 0. The fourth-order valence-electron chi connectivity index (χ4n) is 3.10. The fourth-order valence-corrected chi connectivity index (χ4v) is 7.49. The molecule has 0 bridgehead atoms. The number of aliphatic imine (C=N–C) groups is 1. The molecule has 0 unspecified atom stereocenters. The average molecular weight is 513 g/mol. The number of hydrogen-bond acceptors (Lipinski definition) is 5. The van der Waals surface area contributed by atoms with Crippen LogP contribution >= 0.6 is 29.0 Å². The van der Waals surface area contributed by atoms with Crippen molar-refractivity contribution in [2.24, 2.45) is 4.99 Å². The van der Waals surface area contributed by atoms with Gasteiger partial charge in [-0.3, -0.25) is 0 Å². The molecule has 3 rings (SSSR count). The lowest BCUT2D eigenvalue weighted by Gasteiger charge is -2.35. The van der Waals surface area contributed by atoms with Gasteiger partial charge in [-0.2, -0.15) is 15.4 Å². The molecule has 1 aliphatic heterocycles. The summed E-state index contributed by atoms with van der Waals surface area (Å²) in [6.07, 6.45) is -2.16. The number of nitrogens with zero attached hydrogens (tertiary/aromatic N) is 5. The highest BCUT2D eigenvalue weighted by Gasteiger charge is 2.40. The molecule has 0 saturated carbocycles. The Hall–Kier alpha value is -1.27. The van der Waals surface area contributed by atoms with Crippen LogP contribution in [0.25, 0.3) is 0 Å². The van der Waals surface area contributed by atoms with E-state index in [1.165, 1.54) is 0 Å². The summed E-state index contributed by atoms with van der Waals surface area (Å²) < 4.78 is 11.6. The topological polar surface area (TPSA) is 66.4 Å². The summed E-state index contributed by atoms with van der Waals surface area (Å²) >= 11 is 8.43. The third-order valence-electron chi connectivity index (χ3n) is 4.40. The molecule has 0 fully saturated rings. The normalized spacial score (nSPS) is 18.6. The molecule has 0 radical (unpaired) electrons.